The third kappa shape index (κ3) is 5.35. The number of nitrogens with zero attached hydrogens (tertiary/aromatic N) is 3. The zero-order valence-electron chi connectivity index (χ0n) is 18.7. The highest BCUT2D eigenvalue weighted by molar-refractivity contribution is 7.99. The number of thioether (sulfide) groups is 1. The lowest BCUT2D eigenvalue weighted by Gasteiger charge is -2.10. The number of hydrogen-bond donors (Lipinski definition) is 2. The molecule has 4 rings (SSSR count). The van der Waals surface area contributed by atoms with Gasteiger partial charge in [0.2, 0.25) is 0 Å². The van der Waals surface area contributed by atoms with E-state index < -0.39 is 0 Å². The Hall–Kier alpha value is -3.49. The Morgan fingerprint density at radius 2 is 1.94 bits per heavy atom. The molecule has 0 spiro atoms. The topological polar surface area (TPSA) is 88.7 Å². The predicted molar refractivity (Wildman–Crippen MR) is 136 cm³/mol. The van der Waals surface area contributed by atoms with Crippen LogP contribution in [0.25, 0.3) is 11.0 Å². The van der Waals surface area contributed by atoms with Gasteiger partial charge in [0.1, 0.15) is 0 Å². The van der Waals surface area contributed by atoms with Gasteiger partial charge in [-0.05, 0) is 48.9 Å². The van der Waals surface area contributed by atoms with Crippen molar-refractivity contribution < 1.29 is 14.6 Å². The minimum absolute atomic E-state index is 0.0409. The fourth-order valence-corrected chi connectivity index (χ4v) is 4.39. The smallest absolute Gasteiger partial charge is 0.250 e. The van der Waals surface area contributed by atoms with Crippen LogP contribution in [0.1, 0.15) is 18.1 Å². The first-order chi connectivity index (χ1) is 16.5. The summed E-state index contributed by atoms with van der Waals surface area (Å²) in [5.41, 5.74) is 6.70. The van der Waals surface area contributed by atoms with Gasteiger partial charge in [-0.15, -0.1) is 0 Å². The molecule has 0 aliphatic rings. The number of rotatable bonds is 8. The second-order valence-electron chi connectivity index (χ2n) is 7.47. The molecule has 3 aromatic carbocycles. The molecule has 2 N–H and O–H groups in total. The molecular weight excluding hydrogens is 472 g/mol. The van der Waals surface area contributed by atoms with Crippen molar-refractivity contribution in [3.63, 3.8) is 0 Å². The Labute approximate surface area is 206 Å². The zero-order chi connectivity index (χ0) is 24.1. The third-order valence-corrected chi connectivity index (χ3v) is 6.53. The molecule has 1 heterocycles. The number of hydrogen-bond acceptors (Lipinski definition) is 6. The minimum atomic E-state index is -0.258. The molecule has 0 radical (unpaired) electrons. The van der Waals surface area contributed by atoms with Crippen LogP contribution in [0.5, 0.6) is 11.5 Å². The predicted octanol–water partition coefficient (Wildman–Crippen LogP) is 5.08. The first-order valence-electron chi connectivity index (χ1n) is 10.5. The summed E-state index contributed by atoms with van der Waals surface area (Å²) in [6.07, 6.45) is 0. The summed E-state index contributed by atoms with van der Waals surface area (Å²) in [5.74, 6) is 0.263. The number of halogens is 1. The lowest BCUT2D eigenvalue weighted by atomic mass is 10.1. The first-order valence-corrected chi connectivity index (χ1v) is 11.8. The van der Waals surface area contributed by atoms with Crippen LogP contribution in [-0.4, -0.2) is 39.1 Å². The van der Waals surface area contributed by atoms with Crippen LogP contribution in [0.2, 0.25) is 5.02 Å². The molecule has 0 saturated heterocycles. The number of imidazole rings is 1. The van der Waals surface area contributed by atoms with E-state index in [1.807, 2.05) is 48.5 Å². The van der Waals surface area contributed by atoms with Crippen LogP contribution in [0.3, 0.4) is 0 Å². The minimum Gasteiger partial charge on any atom is -0.504 e. The molecule has 0 fully saturated rings. The Kier molecular flexibility index (Phi) is 7.40. The SMILES string of the molecule is COc1cc(C(C)=NNC(=O)CSc2nc3ccccc3n2Cc2ccccc2Cl)ccc1O. The van der Waals surface area contributed by atoms with E-state index in [4.69, 9.17) is 21.3 Å². The second-order valence-corrected chi connectivity index (χ2v) is 8.82. The molecule has 4 aromatic rings. The summed E-state index contributed by atoms with van der Waals surface area (Å²) in [6.45, 7) is 2.31. The molecule has 9 heteroatoms. The molecule has 7 nitrogen and oxygen atoms in total. The van der Waals surface area contributed by atoms with Crippen molar-refractivity contribution >= 4 is 46.0 Å². The standard InChI is InChI=1S/C25H23ClN4O3S/c1-16(17-11-12-22(31)23(13-17)33-2)28-29-24(32)15-34-25-27-20-9-5-6-10-21(20)30(25)14-18-7-3-4-8-19(18)26/h3-13,31H,14-15H2,1-2H3,(H,29,32). The number of para-hydroxylation sites is 2. The van der Waals surface area contributed by atoms with Gasteiger partial charge in [0.05, 0.1) is 36.2 Å². The number of carbonyl (C=O) groups is 1. The van der Waals surface area contributed by atoms with Gasteiger partial charge in [0, 0.05) is 10.6 Å². The highest BCUT2D eigenvalue weighted by Gasteiger charge is 2.14. The summed E-state index contributed by atoms with van der Waals surface area (Å²) in [7, 11) is 1.48. The number of ether oxygens (including phenoxy) is 1. The lowest BCUT2D eigenvalue weighted by Crippen LogP contribution is -2.21. The van der Waals surface area contributed by atoms with E-state index in [0.717, 1.165) is 27.3 Å². The van der Waals surface area contributed by atoms with Crippen LogP contribution < -0.4 is 10.2 Å². The number of aromatic hydroxyl groups is 1. The van der Waals surface area contributed by atoms with Gasteiger partial charge in [-0.2, -0.15) is 5.10 Å². The quantitative estimate of drug-likeness (QED) is 0.202. The summed E-state index contributed by atoms with van der Waals surface area (Å²) < 4.78 is 7.18. The normalized spacial score (nSPS) is 11.6. The van der Waals surface area contributed by atoms with Gasteiger partial charge in [-0.25, -0.2) is 10.4 Å². The van der Waals surface area contributed by atoms with Crippen molar-refractivity contribution in [3.8, 4) is 11.5 Å². The fraction of sp³-hybridized carbons (Fsp3) is 0.160. The molecule has 34 heavy (non-hydrogen) atoms. The third-order valence-electron chi connectivity index (χ3n) is 5.18. The number of amides is 1. The molecule has 0 bridgehead atoms. The maximum Gasteiger partial charge on any atom is 0.250 e. The average Bonchev–Trinajstić information content (AvgIpc) is 3.20. The Morgan fingerprint density at radius 3 is 2.74 bits per heavy atom. The largest absolute Gasteiger partial charge is 0.504 e. The molecular formula is C25H23ClN4O3S. The molecule has 0 saturated carbocycles. The van der Waals surface area contributed by atoms with Crippen molar-refractivity contribution in [2.45, 2.75) is 18.6 Å². The van der Waals surface area contributed by atoms with Crippen LogP contribution in [0.4, 0.5) is 0 Å². The van der Waals surface area contributed by atoms with Gasteiger partial charge in [0.25, 0.3) is 5.91 Å². The van der Waals surface area contributed by atoms with Gasteiger partial charge in [-0.1, -0.05) is 53.7 Å². The molecule has 0 atom stereocenters. The van der Waals surface area contributed by atoms with Crippen LogP contribution in [-0.2, 0) is 11.3 Å². The number of methoxy groups -OCH3 is 1. The van der Waals surface area contributed by atoms with Crippen LogP contribution >= 0.6 is 23.4 Å². The Balaban J connectivity index is 1.47. The van der Waals surface area contributed by atoms with Crippen LogP contribution in [0, 0.1) is 0 Å². The van der Waals surface area contributed by atoms with E-state index in [1.54, 1.807) is 19.1 Å². The Bertz CT molecular complexity index is 1370. The number of nitrogens with one attached hydrogen (secondary N) is 1. The fourth-order valence-electron chi connectivity index (χ4n) is 3.39. The summed E-state index contributed by atoms with van der Waals surface area (Å²) >= 11 is 7.72. The molecule has 1 aromatic heterocycles. The monoisotopic (exact) mass is 494 g/mol. The molecule has 174 valence electrons. The van der Waals surface area contributed by atoms with E-state index in [2.05, 4.69) is 15.1 Å². The maximum atomic E-state index is 12.5. The van der Waals surface area contributed by atoms with Gasteiger partial charge in [0.15, 0.2) is 16.7 Å². The van der Waals surface area contributed by atoms with E-state index >= 15 is 0 Å². The number of aromatic nitrogens is 2. The van der Waals surface area contributed by atoms with E-state index in [9.17, 15) is 9.90 Å². The molecule has 0 aliphatic carbocycles. The zero-order valence-corrected chi connectivity index (χ0v) is 20.2. The second kappa shape index (κ2) is 10.6. The number of benzene rings is 3. The number of phenols is 1. The first kappa shape index (κ1) is 23.7. The lowest BCUT2D eigenvalue weighted by molar-refractivity contribution is -0.118. The van der Waals surface area contributed by atoms with Gasteiger partial charge >= 0.3 is 0 Å². The molecule has 1 amide bonds. The van der Waals surface area contributed by atoms with E-state index in [-0.39, 0.29) is 17.4 Å². The van der Waals surface area contributed by atoms with Crippen molar-refractivity contribution in [2.24, 2.45) is 5.10 Å². The van der Waals surface area contributed by atoms with E-state index in [0.29, 0.717) is 23.0 Å². The number of carbonyl (C=O) groups excluding carboxylic acids is 1. The molecule has 0 unspecified atom stereocenters. The van der Waals surface area contributed by atoms with Crippen molar-refractivity contribution in [3.05, 3.63) is 82.9 Å². The van der Waals surface area contributed by atoms with E-state index in [1.165, 1.54) is 24.9 Å². The Morgan fingerprint density at radius 1 is 1.18 bits per heavy atom. The van der Waals surface area contributed by atoms with Crippen LogP contribution in [0.15, 0.2) is 77.0 Å². The van der Waals surface area contributed by atoms with Crippen molar-refractivity contribution in [1.82, 2.24) is 15.0 Å². The number of phenolic OH excluding ortho intramolecular Hbond substituents is 1. The average molecular weight is 495 g/mol. The highest BCUT2D eigenvalue weighted by atomic mass is 35.5. The van der Waals surface area contributed by atoms with Crippen molar-refractivity contribution in [2.75, 3.05) is 12.9 Å². The molecule has 0 aliphatic heterocycles. The summed E-state index contributed by atoms with van der Waals surface area (Å²) in [6, 6.07) is 20.4. The van der Waals surface area contributed by atoms with Crippen molar-refractivity contribution in [1.29, 1.82) is 0 Å². The van der Waals surface area contributed by atoms with Gasteiger partial charge in [-0.3, -0.25) is 4.79 Å². The maximum absolute atomic E-state index is 12.5. The van der Waals surface area contributed by atoms with Gasteiger partial charge < -0.3 is 14.4 Å². The highest BCUT2D eigenvalue weighted by Crippen LogP contribution is 2.28. The summed E-state index contributed by atoms with van der Waals surface area (Å²) in [5, 5.41) is 15.3. The number of hydrazone groups is 1. The number of fused-ring (bicyclic) bond motifs is 1. The summed E-state index contributed by atoms with van der Waals surface area (Å²) in [4.78, 5) is 17.2.